The van der Waals surface area contributed by atoms with Crippen LogP contribution in [0.2, 0.25) is 0 Å². The highest BCUT2D eigenvalue weighted by Gasteiger charge is 2.13. The molecule has 20 heavy (non-hydrogen) atoms. The zero-order valence-corrected chi connectivity index (χ0v) is 12.3. The fraction of sp³-hybridized carbons (Fsp3) is 0.400. The first-order valence-electron chi connectivity index (χ1n) is 6.51. The van der Waals surface area contributed by atoms with E-state index in [2.05, 4.69) is 31.2 Å². The van der Waals surface area contributed by atoms with Crippen molar-refractivity contribution in [2.45, 2.75) is 32.9 Å². The predicted molar refractivity (Wildman–Crippen MR) is 77.5 cm³/mol. The first kappa shape index (κ1) is 14.4. The molecule has 1 heterocycles. The molecule has 5 heteroatoms. The van der Waals surface area contributed by atoms with Crippen LogP contribution in [0.4, 0.5) is 10.1 Å². The number of hydrogen-bond donors (Lipinski definition) is 1. The van der Waals surface area contributed by atoms with Gasteiger partial charge >= 0.3 is 0 Å². The summed E-state index contributed by atoms with van der Waals surface area (Å²) in [7, 11) is 1.45. The van der Waals surface area contributed by atoms with Crippen molar-refractivity contribution in [1.29, 1.82) is 0 Å². The summed E-state index contributed by atoms with van der Waals surface area (Å²) in [6.07, 6.45) is 3.84. The van der Waals surface area contributed by atoms with Crippen molar-refractivity contribution >= 4 is 5.69 Å². The van der Waals surface area contributed by atoms with E-state index in [-0.39, 0.29) is 17.1 Å². The van der Waals surface area contributed by atoms with Gasteiger partial charge < -0.3 is 10.1 Å². The summed E-state index contributed by atoms with van der Waals surface area (Å²) in [5.41, 5.74) is 1.85. The lowest BCUT2D eigenvalue weighted by atomic mass is 10.1. The van der Waals surface area contributed by atoms with Crippen LogP contribution in [0.3, 0.4) is 0 Å². The van der Waals surface area contributed by atoms with Gasteiger partial charge in [0.2, 0.25) is 0 Å². The molecule has 0 aliphatic heterocycles. The maximum atomic E-state index is 13.3. The molecule has 0 fully saturated rings. The Labute approximate surface area is 118 Å². The third-order valence-electron chi connectivity index (χ3n) is 2.97. The Bertz CT molecular complexity index is 587. The van der Waals surface area contributed by atoms with Crippen LogP contribution in [0.25, 0.3) is 0 Å². The minimum absolute atomic E-state index is 0.0304. The van der Waals surface area contributed by atoms with Crippen LogP contribution in [-0.4, -0.2) is 16.9 Å². The van der Waals surface area contributed by atoms with E-state index in [1.807, 2.05) is 17.1 Å². The minimum atomic E-state index is -0.362. The number of rotatable bonds is 4. The van der Waals surface area contributed by atoms with Crippen LogP contribution in [0.15, 0.2) is 30.6 Å². The van der Waals surface area contributed by atoms with Crippen molar-refractivity contribution in [2.75, 3.05) is 12.4 Å². The Morgan fingerprint density at radius 3 is 2.70 bits per heavy atom. The van der Waals surface area contributed by atoms with E-state index < -0.39 is 0 Å². The smallest absolute Gasteiger partial charge is 0.165 e. The molecule has 0 saturated heterocycles. The Morgan fingerprint density at radius 1 is 1.35 bits per heavy atom. The molecule has 1 aromatic heterocycles. The second-order valence-electron chi connectivity index (χ2n) is 5.67. The lowest BCUT2D eigenvalue weighted by molar-refractivity contribution is 0.355. The van der Waals surface area contributed by atoms with Crippen LogP contribution >= 0.6 is 0 Å². The van der Waals surface area contributed by atoms with Crippen LogP contribution in [0, 0.1) is 5.82 Å². The number of benzene rings is 1. The van der Waals surface area contributed by atoms with Crippen molar-refractivity contribution in [3.05, 3.63) is 42.0 Å². The molecule has 0 aliphatic carbocycles. The average molecular weight is 277 g/mol. The van der Waals surface area contributed by atoms with Crippen LogP contribution in [0.1, 0.15) is 26.3 Å². The number of ether oxygens (including phenoxy) is 1. The molecule has 2 aromatic rings. The molecule has 0 bridgehead atoms. The maximum Gasteiger partial charge on any atom is 0.165 e. The summed E-state index contributed by atoms with van der Waals surface area (Å²) >= 11 is 0. The second kappa shape index (κ2) is 5.53. The van der Waals surface area contributed by atoms with Gasteiger partial charge in [-0.15, -0.1) is 0 Å². The first-order chi connectivity index (χ1) is 9.40. The Balaban J connectivity index is 2.04. The van der Waals surface area contributed by atoms with Gasteiger partial charge in [0, 0.05) is 30.1 Å². The fourth-order valence-corrected chi connectivity index (χ4v) is 1.79. The molecule has 2 rings (SSSR count). The molecule has 0 unspecified atom stereocenters. The summed E-state index contributed by atoms with van der Waals surface area (Å²) in [4.78, 5) is 0. The molecule has 0 amide bonds. The summed E-state index contributed by atoms with van der Waals surface area (Å²) in [5.74, 6) is -0.126. The minimum Gasteiger partial charge on any atom is -0.494 e. The zero-order chi connectivity index (χ0) is 14.8. The third kappa shape index (κ3) is 3.29. The maximum absolute atomic E-state index is 13.3. The highest BCUT2D eigenvalue weighted by molar-refractivity contribution is 5.49. The van der Waals surface area contributed by atoms with Crippen molar-refractivity contribution in [3.8, 4) is 5.75 Å². The van der Waals surface area contributed by atoms with Crippen molar-refractivity contribution in [3.63, 3.8) is 0 Å². The summed E-state index contributed by atoms with van der Waals surface area (Å²) < 4.78 is 20.2. The zero-order valence-electron chi connectivity index (χ0n) is 12.3. The SMILES string of the molecule is COc1cc(NCc2cnn(C(C)(C)C)c2)ccc1F. The first-order valence-corrected chi connectivity index (χ1v) is 6.51. The molecule has 1 aromatic carbocycles. The molecule has 4 nitrogen and oxygen atoms in total. The Hall–Kier alpha value is -2.04. The lowest BCUT2D eigenvalue weighted by Crippen LogP contribution is -2.21. The standard InChI is InChI=1S/C15H20FN3O/c1-15(2,3)19-10-11(9-18-19)8-17-12-5-6-13(16)14(7-12)20-4/h5-7,9-10,17H,8H2,1-4H3. The van der Waals surface area contributed by atoms with Gasteiger partial charge in [0.25, 0.3) is 0 Å². The number of hydrogen-bond acceptors (Lipinski definition) is 3. The molecular weight excluding hydrogens is 257 g/mol. The van der Waals surface area contributed by atoms with E-state index in [1.165, 1.54) is 13.2 Å². The van der Waals surface area contributed by atoms with Crippen molar-refractivity contribution in [1.82, 2.24) is 9.78 Å². The number of nitrogens with one attached hydrogen (secondary N) is 1. The summed E-state index contributed by atoms with van der Waals surface area (Å²) in [5, 5.41) is 7.57. The molecule has 0 atom stereocenters. The molecule has 0 saturated carbocycles. The monoisotopic (exact) mass is 277 g/mol. The van der Waals surface area contributed by atoms with E-state index in [9.17, 15) is 4.39 Å². The third-order valence-corrected chi connectivity index (χ3v) is 2.97. The fourth-order valence-electron chi connectivity index (χ4n) is 1.79. The van der Waals surface area contributed by atoms with E-state index in [0.717, 1.165) is 11.3 Å². The Morgan fingerprint density at radius 2 is 2.10 bits per heavy atom. The Kier molecular flexibility index (Phi) is 3.97. The molecular formula is C15H20FN3O. The number of halogens is 1. The van der Waals surface area contributed by atoms with E-state index in [4.69, 9.17) is 4.74 Å². The molecule has 0 aliphatic rings. The second-order valence-corrected chi connectivity index (χ2v) is 5.67. The summed E-state index contributed by atoms with van der Waals surface area (Å²) in [6, 6.07) is 4.72. The van der Waals surface area contributed by atoms with Crippen molar-refractivity contribution in [2.24, 2.45) is 0 Å². The molecule has 0 spiro atoms. The van der Waals surface area contributed by atoms with Gasteiger partial charge in [-0.25, -0.2) is 4.39 Å². The average Bonchev–Trinajstić information content (AvgIpc) is 2.86. The van der Waals surface area contributed by atoms with E-state index >= 15 is 0 Å². The van der Waals surface area contributed by atoms with E-state index in [0.29, 0.717) is 6.54 Å². The highest BCUT2D eigenvalue weighted by atomic mass is 19.1. The quantitative estimate of drug-likeness (QED) is 0.931. The topological polar surface area (TPSA) is 39.1 Å². The molecule has 0 radical (unpaired) electrons. The van der Waals surface area contributed by atoms with Gasteiger partial charge in [0.1, 0.15) is 0 Å². The van der Waals surface area contributed by atoms with Gasteiger partial charge in [-0.1, -0.05) is 0 Å². The van der Waals surface area contributed by atoms with Gasteiger partial charge in [0.15, 0.2) is 11.6 Å². The largest absolute Gasteiger partial charge is 0.494 e. The van der Waals surface area contributed by atoms with Crippen molar-refractivity contribution < 1.29 is 9.13 Å². The normalized spacial score (nSPS) is 11.4. The number of aromatic nitrogens is 2. The molecule has 1 N–H and O–H groups in total. The van der Waals surface area contributed by atoms with Gasteiger partial charge in [-0.3, -0.25) is 4.68 Å². The number of anilines is 1. The van der Waals surface area contributed by atoms with Crippen LogP contribution in [-0.2, 0) is 12.1 Å². The highest BCUT2D eigenvalue weighted by Crippen LogP contribution is 2.22. The van der Waals surface area contributed by atoms with Crippen LogP contribution < -0.4 is 10.1 Å². The molecule has 108 valence electrons. The van der Waals surface area contributed by atoms with Gasteiger partial charge in [-0.2, -0.15) is 5.10 Å². The lowest BCUT2D eigenvalue weighted by Gasteiger charge is -2.18. The van der Waals surface area contributed by atoms with Gasteiger partial charge in [0.05, 0.1) is 18.8 Å². The van der Waals surface area contributed by atoms with Crippen LogP contribution in [0.5, 0.6) is 5.75 Å². The number of nitrogens with zero attached hydrogens (tertiary/aromatic N) is 2. The summed E-state index contributed by atoms with van der Waals surface area (Å²) in [6.45, 7) is 6.93. The van der Waals surface area contributed by atoms with Gasteiger partial charge in [-0.05, 0) is 32.9 Å². The predicted octanol–water partition coefficient (Wildman–Crippen LogP) is 3.40. The number of methoxy groups -OCH3 is 1. The van der Waals surface area contributed by atoms with E-state index in [1.54, 1.807) is 12.1 Å².